The molecule has 0 radical (unpaired) electrons. The maximum atomic E-state index is 12.9. The number of alkyl halides is 3. The highest BCUT2D eigenvalue weighted by molar-refractivity contribution is 5.81. The summed E-state index contributed by atoms with van der Waals surface area (Å²) in [4.78, 5) is 31.1. The van der Waals surface area contributed by atoms with Gasteiger partial charge in [-0.1, -0.05) is 18.2 Å². The van der Waals surface area contributed by atoms with Crippen molar-refractivity contribution in [1.29, 1.82) is 0 Å². The van der Waals surface area contributed by atoms with Gasteiger partial charge in [-0.05, 0) is 36.4 Å². The van der Waals surface area contributed by atoms with Crippen molar-refractivity contribution in [1.82, 2.24) is 0 Å². The average molecular weight is 463 g/mol. The van der Waals surface area contributed by atoms with Crippen LogP contribution >= 0.6 is 0 Å². The molecular formula is C19H12F3N5O6. The number of nitrogens with one attached hydrogen (secondary N) is 1. The van der Waals surface area contributed by atoms with Crippen LogP contribution in [0.15, 0.2) is 66.7 Å². The van der Waals surface area contributed by atoms with Crippen LogP contribution in [0.1, 0.15) is 5.56 Å². The van der Waals surface area contributed by atoms with Crippen molar-refractivity contribution >= 4 is 34.1 Å². The normalized spacial score (nSPS) is 11.0. The predicted octanol–water partition coefficient (Wildman–Crippen LogP) is 5.60. The van der Waals surface area contributed by atoms with Crippen LogP contribution in [0, 0.1) is 30.3 Å². The molecule has 14 heteroatoms. The number of anilines is 3. The number of benzene rings is 3. The fraction of sp³-hybridized carbons (Fsp3) is 0.0526. The van der Waals surface area contributed by atoms with Crippen molar-refractivity contribution in [2.24, 2.45) is 0 Å². The summed E-state index contributed by atoms with van der Waals surface area (Å²) in [5.74, 6) is 0. The van der Waals surface area contributed by atoms with Gasteiger partial charge in [-0.2, -0.15) is 13.2 Å². The van der Waals surface area contributed by atoms with Crippen LogP contribution in [-0.2, 0) is 6.18 Å². The van der Waals surface area contributed by atoms with Gasteiger partial charge < -0.3 is 0 Å². The van der Waals surface area contributed by atoms with Gasteiger partial charge >= 0.3 is 17.6 Å². The third-order valence-electron chi connectivity index (χ3n) is 4.38. The van der Waals surface area contributed by atoms with Gasteiger partial charge in [0.25, 0.3) is 5.69 Å². The number of hydrazine groups is 1. The SMILES string of the molecule is O=[N+]([O-])c1cc([N+](=O)[O-])c(NN(c2ccccc2)c2ccc(C(F)(F)F)cc2)c([N+](=O)[O-])c1. The van der Waals surface area contributed by atoms with Crippen LogP contribution < -0.4 is 10.4 Å². The summed E-state index contributed by atoms with van der Waals surface area (Å²) in [5, 5.41) is 35.3. The molecule has 3 aromatic carbocycles. The lowest BCUT2D eigenvalue weighted by Gasteiger charge is -2.26. The van der Waals surface area contributed by atoms with E-state index in [2.05, 4.69) is 5.43 Å². The van der Waals surface area contributed by atoms with E-state index in [1.54, 1.807) is 18.2 Å². The monoisotopic (exact) mass is 463 g/mol. The first kappa shape index (κ1) is 22.9. The molecule has 3 aromatic rings. The van der Waals surface area contributed by atoms with Crippen molar-refractivity contribution in [3.63, 3.8) is 0 Å². The summed E-state index contributed by atoms with van der Waals surface area (Å²) in [7, 11) is 0. The molecule has 11 nitrogen and oxygen atoms in total. The molecule has 0 saturated carbocycles. The van der Waals surface area contributed by atoms with Crippen molar-refractivity contribution in [2.75, 3.05) is 10.4 Å². The summed E-state index contributed by atoms with van der Waals surface area (Å²) in [6, 6.07) is 12.5. The Morgan fingerprint density at radius 2 is 1.21 bits per heavy atom. The van der Waals surface area contributed by atoms with Crippen molar-refractivity contribution in [3.8, 4) is 0 Å². The highest BCUT2D eigenvalue weighted by Gasteiger charge is 2.33. The molecule has 170 valence electrons. The van der Waals surface area contributed by atoms with Crippen LogP contribution in [0.2, 0.25) is 0 Å². The molecule has 0 amide bonds. The maximum absolute atomic E-state index is 12.9. The van der Waals surface area contributed by atoms with Crippen LogP contribution in [0.5, 0.6) is 0 Å². The van der Waals surface area contributed by atoms with E-state index in [9.17, 15) is 43.5 Å². The molecule has 0 atom stereocenters. The molecule has 0 spiro atoms. The van der Waals surface area contributed by atoms with E-state index < -0.39 is 49.3 Å². The van der Waals surface area contributed by atoms with Crippen LogP contribution in [0.25, 0.3) is 0 Å². The van der Waals surface area contributed by atoms with Crippen molar-refractivity contribution in [3.05, 3.63) is 103 Å². The highest BCUT2D eigenvalue weighted by atomic mass is 19.4. The first-order valence-corrected chi connectivity index (χ1v) is 8.89. The minimum atomic E-state index is -4.61. The molecule has 0 aliphatic carbocycles. The topological polar surface area (TPSA) is 145 Å². The van der Waals surface area contributed by atoms with Crippen LogP contribution in [0.3, 0.4) is 0 Å². The van der Waals surface area contributed by atoms with Gasteiger partial charge in [-0.25, -0.2) is 0 Å². The number of para-hydroxylation sites is 1. The molecule has 0 aliphatic rings. The summed E-state index contributed by atoms with van der Waals surface area (Å²) in [6.07, 6.45) is -4.61. The molecule has 0 saturated heterocycles. The molecule has 3 rings (SSSR count). The summed E-state index contributed by atoms with van der Waals surface area (Å²) in [6.45, 7) is 0. The summed E-state index contributed by atoms with van der Waals surface area (Å²) >= 11 is 0. The number of nitrogens with zero attached hydrogens (tertiary/aromatic N) is 4. The van der Waals surface area contributed by atoms with E-state index in [4.69, 9.17) is 0 Å². The number of hydrogen-bond acceptors (Lipinski definition) is 8. The van der Waals surface area contributed by atoms with Crippen LogP contribution in [0.4, 0.5) is 47.3 Å². The van der Waals surface area contributed by atoms with E-state index in [0.717, 1.165) is 29.3 Å². The standard InChI is InChI=1S/C19H12F3N5O6/c20-19(21,22)12-6-8-14(9-7-12)24(13-4-2-1-3-5-13)23-18-16(26(30)31)10-15(25(28)29)11-17(18)27(32)33/h1-11,23H. The lowest BCUT2D eigenvalue weighted by Crippen LogP contribution is -2.25. The summed E-state index contributed by atoms with van der Waals surface area (Å²) in [5.41, 5.74) is -1.66. The Balaban J connectivity index is 2.19. The van der Waals surface area contributed by atoms with Gasteiger partial charge in [0.05, 0.1) is 43.8 Å². The second-order valence-corrected chi connectivity index (χ2v) is 6.46. The average Bonchev–Trinajstić information content (AvgIpc) is 2.76. The van der Waals surface area contributed by atoms with E-state index in [-0.39, 0.29) is 11.4 Å². The first-order chi connectivity index (χ1) is 15.5. The Morgan fingerprint density at radius 1 is 0.727 bits per heavy atom. The zero-order chi connectivity index (χ0) is 24.3. The number of nitro groups is 3. The predicted molar refractivity (Wildman–Crippen MR) is 110 cm³/mol. The Kier molecular flexibility index (Phi) is 6.10. The number of rotatable bonds is 7. The van der Waals surface area contributed by atoms with Gasteiger partial charge in [0.15, 0.2) is 0 Å². The smallest absolute Gasteiger partial charge is 0.282 e. The van der Waals surface area contributed by atoms with Crippen LogP contribution in [-0.4, -0.2) is 14.8 Å². The largest absolute Gasteiger partial charge is 0.416 e. The zero-order valence-corrected chi connectivity index (χ0v) is 16.2. The van der Waals surface area contributed by atoms with Crippen molar-refractivity contribution in [2.45, 2.75) is 6.18 Å². The molecule has 0 bridgehead atoms. The second-order valence-electron chi connectivity index (χ2n) is 6.46. The Hall–Kier alpha value is -4.75. The third-order valence-corrected chi connectivity index (χ3v) is 4.38. The van der Waals surface area contributed by atoms with Gasteiger partial charge in [-0.3, -0.25) is 40.8 Å². The Bertz CT molecular complexity index is 1180. The molecular weight excluding hydrogens is 451 g/mol. The van der Waals surface area contributed by atoms with Gasteiger partial charge in [0.1, 0.15) is 0 Å². The number of nitro benzene ring substituents is 3. The minimum absolute atomic E-state index is 0.0520. The van der Waals surface area contributed by atoms with E-state index in [1.165, 1.54) is 12.1 Å². The lowest BCUT2D eigenvalue weighted by atomic mass is 10.2. The fourth-order valence-corrected chi connectivity index (χ4v) is 2.87. The van der Waals surface area contributed by atoms with Crippen molar-refractivity contribution < 1.29 is 27.9 Å². The fourth-order valence-electron chi connectivity index (χ4n) is 2.87. The van der Waals surface area contributed by atoms with Gasteiger partial charge in [0, 0.05) is 0 Å². The molecule has 1 N–H and O–H groups in total. The molecule has 0 aromatic heterocycles. The maximum Gasteiger partial charge on any atom is 0.416 e. The van der Waals surface area contributed by atoms with E-state index in [0.29, 0.717) is 12.1 Å². The van der Waals surface area contributed by atoms with Gasteiger partial charge in [0.2, 0.25) is 5.69 Å². The quantitative estimate of drug-likeness (QED) is 0.352. The zero-order valence-electron chi connectivity index (χ0n) is 16.2. The second kappa shape index (κ2) is 8.78. The minimum Gasteiger partial charge on any atom is -0.282 e. The number of hydrogen-bond donors (Lipinski definition) is 1. The Labute approximate surface area is 182 Å². The molecule has 0 heterocycles. The van der Waals surface area contributed by atoms with E-state index >= 15 is 0 Å². The van der Waals surface area contributed by atoms with E-state index in [1.807, 2.05) is 0 Å². The van der Waals surface area contributed by atoms with Gasteiger partial charge in [-0.15, -0.1) is 0 Å². The lowest BCUT2D eigenvalue weighted by molar-refractivity contribution is -0.401. The summed E-state index contributed by atoms with van der Waals surface area (Å²) < 4.78 is 38.8. The molecule has 0 aliphatic heterocycles. The number of non-ortho nitro benzene ring substituents is 1. The third kappa shape index (κ3) is 4.95. The number of halogens is 3. The molecule has 33 heavy (non-hydrogen) atoms. The Morgan fingerprint density at radius 3 is 1.64 bits per heavy atom. The molecule has 0 fully saturated rings. The highest BCUT2D eigenvalue weighted by Crippen LogP contribution is 2.40. The first-order valence-electron chi connectivity index (χ1n) is 8.89. The molecule has 0 unspecified atom stereocenters.